The number of rotatable bonds is 4. The molecule has 0 fully saturated rings. The number of hydrogen-bond donors (Lipinski definition) is 4. The lowest BCUT2D eigenvalue weighted by atomic mass is 9.99. The first-order valence-corrected chi connectivity index (χ1v) is 14.9. The summed E-state index contributed by atoms with van der Waals surface area (Å²) in [6, 6.07) is 8.86. The number of hydrogen-bond acceptors (Lipinski definition) is 6. The van der Waals surface area contributed by atoms with Crippen molar-refractivity contribution in [3.05, 3.63) is 65.4 Å². The SMILES string of the molecule is CC(C)(C)NC(=O)NC(=Nc1ccc(C2=CCN(C(=O)/C=C/c3c[nH+]c4c(c3)CCC(=O)N4)CC2)cc1)NC(=O)OC(C)(C)C. The summed E-state index contributed by atoms with van der Waals surface area (Å²) in [5, 5.41) is 10.7. The lowest BCUT2D eigenvalue weighted by Crippen LogP contribution is -2.52. The third kappa shape index (κ3) is 10.3. The topological polar surface area (TPSA) is 155 Å². The van der Waals surface area contributed by atoms with Gasteiger partial charge in [0.15, 0.2) is 0 Å². The van der Waals surface area contributed by atoms with Crippen molar-refractivity contribution in [2.45, 2.75) is 71.9 Å². The van der Waals surface area contributed by atoms with Gasteiger partial charge in [0, 0.05) is 35.8 Å². The molecule has 12 nitrogen and oxygen atoms in total. The molecule has 5 amide bonds. The maximum absolute atomic E-state index is 12.9. The zero-order valence-electron chi connectivity index (χ0n) is 26.7. The average molecular weight is 617 g/mol. The molecule has 2 aliphatic heterocycles. The molecular weight excluding hydrogens is 574 g/mol. The van der Waals surface area contributed by atoms with E-state index in [1.165, 1.54) is 0 Å². The molecule has 2 aliphatic rings. The van der Waals surface area contributed by atoms with Gasteiger partial charge in [-0.15, -0.1) is 0 Å². The molecule has 0 radical (unpaired) electrons. The number of guanidine groups is 1. The molecule has 0 bridgehead atoms. The molecule has 238 valence electrons. The number of benzene rings is 1. The molecule has 0 aliphatic carbocycles. The molecule has 12 heteroatoms. The Bertz CT molecular complexity index is 1510. The zero-order chi connectivity index (χ0) is 32.8. The summed E-state index contributed by atoms with van der Waals surface area (Å²) in [5.41, 5.74) is 3.28. The van der Waals surface area contributed by atoms with Crippen LogP contribution in [-0.2, 0) is 20.7 Å². The number of aromatic amines is 1. The second-order valence-electron chi connectivity index (χ2n) is 12.9. The maximum Gasteiger partial charge on any atom is 0.414 e. The monoisotopic (exact) mass is 616 g/mol. The van der Waals surface area contributed by atoms with Crippen LogP contribution in [0.4, 0.5) is 21.1 Å². The Morgan fingerprint density at radius 3 is 2.40 bits per heavy atom. The number of fused-ring (bicyclic) bond motifs is 1. The average Bonchev–Trinajstić information content (AvgIpc) is 2.94. The molecule has 5 N–H and O–H groups in total. The minimum Gasteiger partial charge on any atom is -0.444 e. The Morgan fingerprint density at radius 1 is 1.02 bits per heavy atom. The molecule has 4 rings (SSSR count). The van der Waals surface area contributed by atoms with Gasteiger partial charge in [0.05, 0.1) is 18.3 Å². The molecule has 0 saturated heterocycles. The van der Waals surface area contributed by atoms with Gasteiger partial charge >= 0.3 is 18.0 Å². The highest BCUT2D eigenvalue weighted by atomic mass is 16.6. The van der Waals surface area contributed by atoms with Gasteiger partial charge in [-0.25, -0.2) is 29.7 Å². The number of alkyl carbamates (subject to hydrolysis) is 1. The molecule has 45 heavy (non-hydrogen) atoms. The van der Waals surface area contributed by atoms with Gasteiger partial charge in [-0.05, 0) is 89.8 Å². The molecule has 2 aromatic rings. The summed E-state index contributed by atoms with van der Waals surface area (Å²) in [6.07, 6.45) is 8.21. The van der Waals surface area contributed by atoms with E-state index in [1.54, 1.807) is 56.2 Å². The molecule has 1 aromatic heterocycles. The lowest BCUT2D eigenvalue weighted by molar-refractivity contribution is -0.361. The summed E-state index contributed by atoms with van der Waals surface area (Å²) in [7, 11) is 0. The van der Waals surface area contributed by atoms with Crippen molar-refractivity contribution in [2.24, 2.45) is 4.99 Å². The predicted octanol–water partition coefficient (Wildman–Crippen LogP) is 4.32. The molecule has 0 unspecified atom stereocenters. The number of aromatic nitrogens is 1. The van der Waals surface area contributed by atoms with Crippen LogP contribution in [0.3, 0.4) is 0 Å². The number of aryl methyl sites for hydroxylation is 1. The zero-order valence-corrected chi connectivity index (χ0v) is 26.7. The van der Waals surface area contributed by atoms with E-state index >= 15 is 0 Å². The van der Waals surface area contributed by atoms with Crippen molar-refractivity contribution in [3.63, 3.8) is 0 Å². The van der Waals surface area contributed by atoms with Crippen LogP contribution in [-0.4, -0.2) is 59.0 Å². The van der Waals surface area contributed by atoms with E-state index < -0.39 is 23.3 Å². The fourth-order valence-electron chi connectivity index (χ4n) is 4.67. The van der Waals surface area contributed by atoms with E-state index in [2.05, 4.69) is 31.2 Å². The Labute approximate surface area is 263 Å². The number of urea groups is 1. The molecule has 0 spiro atoms. The van der Waals surface area contributed by atoms with Crippen molar-refractivity contribution < 1.29 is 28.9 Å². The first-order chi connectivity index (χ1) is 21.1. The van der Waals surface area contributed by atoms with Crippen molar-refractivity contribution in [1.82, 2.24) is 20.9 Å². The molecule has 3 heterocycles. The summed E-state index contributed by atoms with van der Waals surface area (Å²) >= 11 is 0. The van der Waals surface area contributed by atoms with Crippen LogP contribution in [0, 0.1) is 0 Å². The Morgan fingerprint density at radius 2 is 1.76 bits per heavy atom. The number of aliphatic imine (C=N–C) groups is 1. The number of anilines is 1. The van der Waals surface area contributed by atoms with Gasteiger partial charge in [-0.3, -0.25) is 15.4 Å². The van der Waals surface area contributed by atoms with Crippen LogP contribution in [0.1, 0.15) is 71.1 Å². The first kappa shape index (κ1) is 32.9. The Balaban J connectivity index is 1.38. The summed E-state index contributed by atoms with van der Waals surface area (Å²) in [4.78, 5) is 58.6. The van der Waals surface area contributed by atoms with Crippen molar-refractivity contribution in [2.75, 3.05) is 18.4 Å². The highest BCUT2D eigenvalue weighted by molar-refractivity contribution is 6.03. The number of amides is 5. The normalized spacial score (nSPS) is 15.5. The van der Waals surface area contributed by atoms with Gasteiger partial charge in [0.1, 0.15) is 5.60 Å². The van der Waals surface area contributed by atoms with Gasteiger partial charge in [-0.1, -0.05) is 18.2 Å². The maximum atomic E-state index is 12.9. The van der Waals surface area contributed by atoms with E-state index in [0.29, 0.717) is 43.9 Å². The fraction of sp³-hybridized carbons (Fsp3) is 0.394. The third-order valence-electron chi connectivity index (χ3n) is 6.69. The number of carbonyl (C=O) groups is 4. The van der Waals surface area contributed by atoms with Crippen LogP contribution in [0.25, 0.3) is 11.6 Å². The fourth-order valence-corrected chi connectivity index (χ4v) is 4.67. The second-order valence-corrected chi connectivity index (χ2v) is 12.9. The quantitative estimate of drug-likeness (QED) is 0.229. The smallest absolute Gasteiger partial charge is 0.414 e. The molecule has 1 aromatic carbocycles. The van der Waals surface area contributed by atoms with E-state index in [9.17, 15) is 19.2 Å². The summed E-state index contributed by atoms with van der Waals surface area (Å²) < 4.78 is 5.32. The molecule has 0 atom stereocenters. The minimum atomic E-state index is -0.744. The number of carbonyl (C=O) groups excluding carboxylic acids is 4. The van der Waals surface area contributed by atoms with Crippen LogP contribution in [0.15, 0.2) is 53.7 Å². The van der Waals surface area contributed by atoms with Crippen LogP contribution in [0.2, 0.25) is 0 Å². The standard InChI is InChI=1S/C33H41N7O5/c1-32(2,3)39-30(43)37-29(38-31(44)45-33(4,5)6)35-25-11-8-22(9-12-25)23-15-17-40(18-16-23)27(42)14-7-21-19-24-10-13-26(41)36-28(24)34-20-21/h7-9,11-12,14-15,19-20H,10,13,16-18H2,1-6H3,(H,34,36,41)(H3,35,37,38,39,43,44)/p+1/b14-7+. The number of pyridine rings is 1. The summed E-state index contributed by atoms with van der Waals surface area (Å²) in [6.45, 7) is 11.8. The van der Waals surface area contributed by atoms with E-state index in [1.807, 2.05) is 45.0 Å². The largest absolute Gasteiger partial charge is 0.444 e. The Hall–Kier alpha value is -5.00. The number of nitrogens with one attached hydrogen (secondary N) is 5. The van der Waals surface area contributed by atoms with E-state index in [4.69, 9.17) is 4.74 Å². The van der Waals surface area contributed by atoms with Gasteiger partial charge in [-0.2, -0.15) is 0 Å². The Kier molecular flexibility index (Phi) is 10.1. The highest BCUT2D eigenvalue weighted by Gasteiger charge is 2.23. The van der Waals surface area contributed by atoms with Crippen molar-refractivity contribution in [1.29, 1.82) is 0 Å². The first-order valence-electron chi connectivity index (χ1n) is 14.9. The lowest BCUT2D eigenvalue weighted by Gasteiger charge is -2.25. The molecule has 0 saturated carbocycles. The second kappa shape index (κ2) is 13.7. The van der Waals surface area contributed by atoms with Crippen LogP contribution in [0.5, 0.6) is 0 Å². The minimum absolute atomic E-state index is 0.00394. The summed E-state index contributed by atoms with van der Waals surface area (Å²) in [5.74, 6) is 0.559. The van der Waals surface area contributed by atoms with Crippen LogP contribution < -0.4 is 26.3 Å². The van der Waals surface area contributed by atoms with Gasteiger partial charge < -0.3 is 15.0 Å². The highest BCUT2D eigenvalue weighted by Crippen LogP contribution is 2.25. The number of H-pyrrole nitrogens is 1. The van der Waals surface area contributed by atoms with Crippen molar-refractivity contribution >= 4 is 53.1 Å². The van der Waals surface area contributed by atoms with Gasteiger partial charge in [0.2, 0.25) is 11.9 Å². The molecular formula is C33H42N7O5+. The number of ether oxygens (including phenoxy) is 1. The van der Waals surface area contributed by atoms with Crippen LogP contribution >= 0.6 is 0 Å². The number of nitrogens with zero attached hydrogens (tertiary/aromatic N) is 2. The van der Waals surface area contributed by atoms with E-state index in [0.717, 1.165) is 22.3 Å². The van der Waals surface area contributed by atoms with Crippen molar-refractivity contribution in [3.8, 4) is 0 Å². The van der Waals surface area contributed by atoms with E-state index in [-0.39, 0.29) is 17.8 Å². The third-order valence-corrected chi connectivity index (χ3v) is 6.69. The van der Waals surface area contributed by atoms with Gasteiger partial charge in [0.25, 0.3) is 5.82 Å². The predicted molar refractivity (Wildman–Crippen MR) is 172 cm³/mol.